The van der Waals surface area contributed by atoms with Crippen LogP contribution >= 0.6 is 0 Å². The molecular weight excluding hydrogens is 292 g/mol. The highest BCUT2D eigenvalue weighted by Gasteiger charge is 2.45. The van der Waals surface area contributed by atoms with Crippen molar-refractivity contribution in [1.82, 2.24) is 9.80 Å². The molecule has 3 rings (SSSR count). The van der Waals surface area contributed by atoms with Crippen molar-refractivity contribution in [2.45, 2.75) is 13.0 Å². The summed E-state index contributed by atoms with van der Waals surface area (Å²) in [4.78, 5) is 16.7. The molecular formula is C18H26N2O3. The Morgan fingerprint density at radius 1 is 1.26 bits per heavy atom. The zero-order chi connectivity index (χ0) is 16.1. The second kappa shape index (κ2) is 7.43. The molecule has 0 aromatic heterocycles. The number of nitrogens with zero attached hydrogens (tertiary/aromatic N) is 2. The topological polar surface area (TPSA) is 42.0 Å². The second-order valence-electron chi connectivity index (χ2n) is 6.73. The number of benzene rings is 1. The van der Waals surface area contributed by atoms with Crippen molar-refractivity contribution in [3.63, 3.8) is 0 Å². The molecule has 1 spiro atoms. The number of amides is 1. The summed E-state index contributed by atoms with van der Waals surface area (Å²) < 4.78 is 11.0. The summed E-state index contributed by atoms with van der Waals surface area (Å²) in [6.07, 6.45) is 0.585. The van der Waals surface area contributed by atoms with Gasteiger partial charge in [-0.15, -0.1) is 0 Å². The summed E-state index contributed by atoms with van der Waals surface area (Å²) in [5, 5.41) is 0. The van der Waals surface area contributed by atoms with E-state index in [1.807, 2.05) is 11.0 Å². The van der Waals surface area contributed by atoms with Gasteiger partial charge < -0.3 is 14.4 Å². The Kier molecular flexibility index (Phi) is 5.30. The van der Waals surface area contributed by atoms with Gasteiger partial charge in [0.1, 0.15) is 0 Å². The molecule has 2 fully saturated rings. The number of methoxy groups -OCH3 is 1. The Bertz CT molecular complexity index is 522. The van der Waals surface area contributed by atoms with Crippen molar-refractivity contribution in [2.75, 3.05) is 53.1 Å². The minimum Gasteiger partial charge on any atom is -0.383 e. The number of likely N-dealkylation sites (tertiary alicyclic amines) is 1. The number of hydrogen-bond donors (Lipinski definition) is 0. The number of carbonyl (C=O) groups excluding carboxylic acids is 1. The first kappa shape index (κ1) is 16.4. The number of carbonyl (C=O) groups is 1. The monoisotopic (exact) mass is 318 g/mol. The van der Waals surface area contributed by atoms with E-state index in [1.165, 1.54) is 5.56 Å². The Morgan fingerprint density at radius 2 is 2.09 bits per heavy atom. The minimum absolute atomic E-state index is 0.0733. The molecule has 0 aliphatic carbocycles. The Labute approximate surface area is 138 Å². The van der Waals surface area contributed by atoms with Crippen molar-refractivity contribution in [3.05, 3.63) is 35.9 Å². The van der Waals surface area contributed by atoms with Gasteiger partial charge in [-0.25, -0.2) is 0 Å². The lowest BCUT2D eigenvalue weighted by Crippen LogP contribution is -2.40. The predicted molar refractivity (Wildman–Crippen MR) is 88.0 cm³/mol. The van der Waals surface area contributed by atoms with Gasteiger partial charge in [-0.05, 0) is 5.56 Å². The molecule has 23 heavy (non-hydrogen) atoms. The third kappa shape index (κ3) is 4.10. The van der Waals surface area contributed by atoms with Crippen LogP contribution in [0.4, 0.5) is 0 Å². The molecule has 0 saturated carbocycles. The fraction of sp³-hybridized carbons (Fsp3) is 0.611. The maximum absolute atomic E-state index is 12.3. The predicted octanol–water partition coefficient (Wildman–Crippen LogP) is 1.38. The standard InChI is InChI=1S/C18H26N2O3/c1-22-9-8-20-14-18(11-17(20)21)13-19(7-10-23-15-18)12-16-5-3-2-4-6-16/h2-6H,7-15H2,1H3. The van der Waals surface area contributed by atoms with Gasteiger partial charge in [0.2, 0.25) is 5.91 Å². The van der Waals surface area contributed by atoms with Crippen molar-refractivity contribution in [3.8, 4) is 0 Å². The van der Waals surface area contributed by atoms with Gasteiger partial charge in [0.15, 0.2) is 0 Å². The van der Waals surface area contributed by atoms with Crippen LogP contribution in [-0.4, -0.2) is 68.8 Å². The lowest BCUT2D eigenvalue weighted by molar-refractivity contribution is -0.128. The molecule has 1 atom stereocenters. The molecule has 2 saturated heterocycles. The first-order valence-corrected chi connectivity index (χ1v) is 8.32. The highest BCUT2D eigenvalue weighted by atomic mass is 16.5. The van der Waals surface area contributed by atoms with Crippen molar-refractivity contribution >= 4 is 5.91 Å². The zero-order valence-corrected chi connectivity index (χ0v) is 13.9. The van der Waals surface area contributed by atoms with E-state index in [4.69, 9.17) is 9.47 Å². The average molecular weight is 318 g/mol. The maximum atomic E-state index is 12.3. The van der Waals surface area contributed by atoms with E-state index >= 15 is 0 Å². The van der Waals surface area contributed by atoms with Crippen LogP contribution in [0.5, 0.6) is 0 Å². The van der Waals surface area contributed by atoms with Crippen LogP contribution in [0, 0.1) is 5.41 Å². The zero-order valence-electron chi connectivity index (χ0n) is 13.9. The van der Waals surface area contributed by atoms with Crippen molar-refractivity contribution < 1.29 is 14.3 Å². The van der Waals surface area contributed by atoms with E-state index in [2.05, 4.69) is 29.2 Å². The Balaban J connectivity index is 1.66. The summed E-state index contributed by atoms with van der Waals surface area (Å²) in [5.74, 6) is 0.229. The third-order valence-electron chi connectivity index (χ3n) is 4.74. The molecule has 1 unspecified atom stereocenters. The molecule has 0 N–H and O–H groups in total. The average Bonchev–Trinajstić information content (AvgIpc) is 2.72. The van der Waals surface area contributed by atoms with Gasteiger partial charge >= 0.3 is 0 Å². The highest BCUT2D eigenvalue weighted by molar-refractivity contribution is 5.79. The smallest absolute Gasteiger partial charge is 0.223 e. The molecule has 0 bridgehead atoms. The van der Waals surface area contributed by atoms with Crippen LogP contribution in [0.15, 0.2) is 30.3 Å². The number of rotatable bonds is 5. The normalized spacial score (nSPS) is 26.0. The van der Waals surface area contributed by atoms with Gasteiger partial charge in [-0.3, -0.25) is 9.69 Å². The van der Waals surface area contributed by atoms with Crippen molar-refractivity contribution in [2.24, 2.45) is 5.41 Å². The lowest BCUT2D eigenvalue weighted by atomic mass is 9.87. The first-order chi connectivity index (χ1) is 11.2. The number of hydrogen-bond acceptors (Lipinski definition) is 4. The largest absolute Gasteiger partial charge is 0.383 e. The summed E-state index contributed by atoms with van der Waals surface area (Å²) in [5.41, 5.74) is 1.24. The van der Waals surface area contributed by atoms with E-state index < -0.39 is 0 Å². The third-order valence-corrected chi connectivity index (χ3v) is 4.74. The lowest BCUT2D eigenvalue weighted by Gasteiger charge is -2.31. The molecule has 2 aliphatic rings. The van der Waals surface area contributed by atoms with E-state index in [0.717, 1.165) is 32.8 Å². The SMILES string of the molecule is COCCN1CC2(COCCN(Cc3ccccc3)C2)CC1=O. The molecule has 2 aliphatic heterocycles. The Hall–Kier alpha value is -1.43. The molecule has 5 heteroatoms. The fourth-order valence-electron chi connectivity index (χ4n) is 3.65. The molecule has 126 valence electrons. The summed E-state index contributed by atoms with van der Waals surface area (Å²) in [6, 6.07) is 10.5. The maximum Gasteiger partial charge on any atom is 0.223 e. The minimum atomic E-state index is -0.0733. The van der Waals surface area contributed by atoms with Gasteiger partial charge in [0, 0.05) is 51.7 Å². The quantitative estimate of drug-likeness (QED) is 0.823. The molecule has 2 heterocycles. The highest BCUT2D eigenvalue weighted by Crippen LogP contribution is 2.34. The molecule has 0 radical (unpaired) electrons. The summed E-state index contributed by atoms with van der Waals surface area (Å²) in [7, 11) is 1.67. The van der Waals surface area contributed by atoms with Crippen LogP contribution < -0.4 is 0 Å². The van der Waals surface area contributed by atoms with Gasteiger partial charge in [0.05, 0.1) is 19.8 Å². The Morgan fingerprint density at radius 3 is 2.87 bits per heavy atom. The van der Waals surface area contributed by atoms with Gasteiger partial charge in [-0.1, -0.05) is 30.3 Å². The van der Waals surface area contributed by atoms with Crippen LogP contribution in [0.1, 0.15) is 12.0 Å². The summed E-state index contributed by atoms with van der Waals surface area (Å²) >= 11 is 0. The van der Waals surface area contributed by atoms with Gasteiger partial charge in [0.25, 0.3) is 0 Å². The van der Waals surface area contributed by atoms with E-state index in [1.54, 1.807) is 7.11 Å². The van der Waals surface area contributed by atoms with E-state index in [9.17, 15) is 4.79 Å². The molecule has 1 aromatic rings. The first-order valence-electron chi connectivity index (χ1n) is 8.32. The second-order valence-corrected chi connectivity index (χ2v) is 6.73. The van der Waals surface area contributed by atoms with E-state index in [0.29, 0.717) is 26.2 Å². The van der Waals surface area contributed by atoms with Gasteiger partial charge in [-0.2, -0.15) is 0 Å². The summed E-state index contributed by atoms with van der Waals surface area (Å²) in [6.45, 7) is 6.21. The number of ether oxygens (including phenoxy) is 2. The van der Waals surface area contributed by atoms with Crippen LogP contribution in [0.25, 0.3) is 0 Å². The molecule has 1 amide bonds. The van der Waals surface area contributed by atoms with Crippen LogP contribution in [-0.2, 0) is 20.8 Å². The fourth-order valence-corrected chi connectivity index (χ4v) is 3.65. The molecule has 5 nitrogen and oxygen atoms in total. The van der Waals surface area contributed by atoms with E-state index in [-0.39, 0.29) is 11.3 Å². The molecule has 1 aromatic carbocycles. The van der Waals surface area contributed by atoms with Crippen molar-refractivity contribution in [1.29, 1.82) is 0 Å². The van der Waals surface area contributed by atoms with Crippen LogP contribution in [0.3, 0.4) is 0 Å². The van der Waals surface area contributed by atoms with Crippen LogP contribution in [0.2, 0.25) is 0 Å².